The Kier molecular flexibility index (Phi) is 10.4. The Bertz CT molecular complexity index is 5460. The second-order valence-corrected chi connectivity index (χ2v) is 26.6. The minimum atomic E-state index is -0.510. The van der Waals surface area contributed by atoms with Crippen LogP contribution < -0.4 is 9.80 Å². The van der Waals surface area contributed by atoms with Crippen LogP contribution in [0.15, 0.2) is 302 Å². The highest BCUT2D eigenvalue weighted by Crippen LogP contribution is 2.67. The molecule has 0 bridgehead atoms. The van der Waals surface area contributed by atoms with Gasteiger partial charge in [0.05, 0.1) is 10.8 Å². The zero-order chi connectivity index (χ0) is 60.0. The second kappa shape index (κ2) is 18.8. The largest absolute Gasteiger partial charge is 0.310 e. The van der Waals surface area contributed by atoms with E-state index in [2.05, 4.69) is 301 Å². The highest BCUT2D eigenvalue weighted by molar-refractivity contribution is 6.21. The Morgan fingerprint density at radius 2 is 0.707 bits per heavy atom. The SMILES string of the molecule is C1=CC2=C(CC1)c1ccccc1C21C2=C(CCC(c3c4cc(N5c6ccccc6Cc6ccccc65)ccc4c(-c4ccc5c(c4)C4(c6ccccc6-c6ccccc64)c4ccccc4-5)c4cc(N5c6ccccc6Cc6ccccc65)ccc34)=C2)c2ccccc21. The number of para-hydroxylation sites is 4. The summed E-state index contributed by atoms with van der Waals surface area (Å²) < 4.78 is 0. The van der Waals surface area contributed by atoms with Gasteiger partial charge in [-0.05, 0) is 235 Å². The zero-order valence-electron chi connectivity index (χ0n) is 50.8. The van der Waals surface area contributed by atoms with Gasteiger partial charge in [0.2, 0.25) is 0 Å². The number of benzene rings is 13. The summed E-state index contributed by atoms with van der Waals surface area (Å²) >= 11 is 0. The second-order valence-electron chi connectivity index (χ2n) is 26.6. The van der Waals surface area contributed by atoms with Crippen molar-refractivity contribution in [2.45, 2.75) is 49.4 Å². The average molecular weight is 1170 g/mol. The van der Waals surface area contributed by atoms with Crippen LogP contribution in [0.5, 0.6) is 0 Å². The van der Waals surface area contributed by atoms with E-state index in [9.17, 15) is 0 Å². The fourth-order valence-electron chi connectivity index (χ4n) is 19.0. The van der Waals surface area contributed by atoms with Gasteiger partial charge in [0, 0.05) is 47.0 Å². The zero-order valence-corrected chi connectivity index (χ0v) is 50.8. The molecule has 430 valence electrons. The quantitative estimate of drug-likeness (QED) is 0.162. The lowest BCUT2D eigenvalue weighted by Gasteiger charge is -2.35. The van der Waals surface area contributed by atoms with Crippen LogP contribution in [0, 0.1) is 0 Å². The molecule has 8 aliphatic rings. The molecule has 0 saturated carbocycles. The van der Waals surface area contributed by atoms with Crippen molar-refractivity contribution >= 4 is 72.4 Å². The summed E-state index contributed by atoms with van der Waals surface area (Å²) in [4.78, 5) is 5.10. The van der Waals surface area contributed by atoms with Crippen molar-refractivity contribution in [3.63, 3.8) is 0 Å². The first-order valence-corrected chi connectivity index (χ1v) is 33.1. The Morgan fingerprint density at radius 1 is 0.293 bits per heavy atom. The molecule has 13 aromatic carbocycles. The number of hydrogen-bond donors (Lipinski definition) is 0. The Labute approximate surface area is 536 Å². The normalized spacial score (nSPS) is 17.5. The first kappa shape index (κ1) is 50.8. The molecule has 13 aromatic rings. The fourth-order valence-corrected chi connectivity index (χ4v) is 19.0. The van der Waals surface area contributed by atoms with Gasteiger partial charge in [0.15, 0.2) is 0 Å². The van der Waals surface area contributed by atoms with Gasteiger partial charge < -0.3 is 9.80 Å². The Hall–Kier alpha value is -11.1. The molecule has 2 nitrogen and oxygen atoms in total. The van der Waals surface area contributed by atoms with Gasteiger partial charge in [0.1, 0.15) is 0 Å². The van der Waals surface area contributed by atoms with Gasteiger partial charge in [0.25, 0.3) is 0 Å². The summed E-state index contributed by atoms with van der Waals surface area (Å²) in [6, 6.07) is 105. The van der Waals surface area contributed by atoms with Gasteiger partial charge >= 0.3 is 0 Å². The summed E-state index contributed by atoms with van der Waals surface area (Å²) in [6.45, 7) is 0. The van der Waals surface area contributed by atoms with Crippen molar-refractivity contribution in [2.24, 2.45) is 0 Å². The van der Waals surface area contributed by atoms with Gasteiger partial charge in [-0.1, -0.05) is 237 Å². The summed E-state index contributed by atoms with van der Waals surface area (Å²) in [5.41, 5.74) is 39.1. The highest BCUT2D eigenvalue weighted by Gasteiger charge is 2.54. The summed E-state index contributed by atoms with van der Waals surface area (Å²) in [5, 5.41) is 5.04. The maximum Gasteiger partial charge on any atom is 0.0725 e. The number of anilines is 6. The first-order valence-electron chi connectivity index (χ1n) is 33.1. The third kappa shape index (κ3) is 6.53. The molecule has 0 fully saturated rings. The minimum absolute atomic E-state index is 0.421. The van der Waals surface area contributed by atoms with E-state index in [1.54, 1.807) is 0 Å². The number of rotatable bonds is 4. The Morgan fingerprint density at radius 3 is 1.22 bits per heavy atom. The van der Waals surface area contributed by atoms with E-state index in [0.29, 0.717) is 0 Å². The van der Waals surface area contributed by atoms with Crippen molar-refractivity contribution in [1.82, 2.24) is 0 Å². The first-order chi connectivity index (χ1) is 45.6. The van der Waals surface area contributed by atoms with E-state index < -0.39 is 10.8 Å². The van der Waals surface area contributed by atoms with E-state index in [-0.39, 0.29) is 0 Å². The molecular weight excluding hydrogens is 1110 g/mol. The van der Waals surface area contributed by atoms with E-state index in [4.69, 9.17) is 0 Å². The van der Waals surface area contributed by atoms with Crippen molar-refractivity contribution in [3.8, 4) is 33.4 Å². The molecule has 1 unspecified atom stereocenters. The lowest BCUT2D eigenvalue weighted by molar-refractivity contribution is 0.769. The van der Waals surface area contributed by atoms with Crippen molar-refractivity contribution in [2.75, 3.05) is 9.80 Å². The number of nitrogens with zero attached hydrogens (tertiary/aromatic N) is 2. The molecular formula is C90H60N2. The lowest BCUT2D eigenvalue weighted by atomic mass is 9.67. The predicted molar refractivity (Wildman–Crippen MR) is 381 cm³/mol. The van der Waals surface area contributed by atoms with Crippen LogP contribution in [0.25, 0.3) is 71.6 Å². The molecule has 0 amide bonds. The molecule has 0 saturated heterocycles. The molecule has 2 spiro atoms. The third-order valence-corrected chi connectivity index (χ3v) is 22.5. The highest BCUT2D eigenvalue weighted by atomic mass is 15.2. The van der Waals surface area contributed by atoms with E-state index in [1.165, 1.54) is 178 Å². The maximum absolute atomic E-state index is 2.72. The standard InChI is InChI=1S/C90H60N2/c1-17-37-83-55(21-1)49-56-22-2-18-38-84(56)91(83)61-43-47-71-73(53-61)87(59-41-45-69-67-29-9-15-35-79(67)89(81(69)51-59)75-31-11-5-25-63(75)64-26-6-12-32-76(64)89)72-48-44-62(92-85-39-19-3-23-57(85)50-58-24-4-20-40-86(58)92)54-74(72)88(71)60-42-46-70-68-30-10-16-36-80(68)90(82(70)52-60)77-33-13-7-27-65(77)66-28-8-14-34-78(66)90/h1-7,9-27,29-41,43-45,47-48,51-54H,8,28,42,46,49-50H2. The van der Waals surface area contributed by atoms with Crippen LogP contribution in [-0.4, -0.2) is 0 Å². The van der Waals surface area contributed by atoms with Gasteiger partial charge in [-0.15, -0.1) is 0 Å². The average Bonchev–Trinajstić information content (AvgIpc) is 1.49. The summed E-state index contributed by atoms with van der Waals surface area (Å²) in [5.74, 6) is 0. The summed E-state index contributed by atoms with van der Waals surface area (Å²) in [6.07, 6.45) is 13.4. The monoisotopic (exact) mass is 1170 g/mol. The summed E-state index contributed by atoms with van der Waals surface area (Å²) in [7, 11) is 0. The number of allylic oxidation sites excluding steroid dienone is 8. The molecule has 1 atom stereocenters. The van der Waals surface area contributed by atoms with Crippen LogP contribution in [0.3, 0.4) is 0 Å². The smallest absolute Gasteiger partial charge is 0.0725 e. The van der Waals surface area contributed by atoms with Crippen molar-refractivity contribution in [1.29, 1.82) is 0 Å². The van der Waals surface area contributed by atoms with Gasteiger partial charge in [-0.25, -0.2) is 0 Å². The molecule has 2 heteroatoms. The molecule has 92 heavy (non-hydrogen) atoms. The van der Waals surface area contributed by atoms with E-state index in [0.717, 1.165) is 49.9 Å². The molecule has 0 radical (unpaired) electrons. The number of fused-ring (bicyclic) bond motifs is 24. The molecule has 6 aliphatic carbocycles. The van der Waals surface area contributed by atoms with Gasteiger partial charge in [-0.2, -0.15) is 0 Å². The van der Waals surface area contributed by atoms with Crippen molar-refractivity contribution in [3.05, 3.63) is 375 Å². The van der Waals surface area contributed by atoms with Crippen LogP contribution >= 0.6 is 0 Å². The maximum atomic E-state index is 2.72. The predicted octanol–water partition coefficient (Wildman–Crippen LogP) is 22.8. The van der Waals surface area contributed by atoms with Gasteiger partial charge in [-0.3, -0.25) is 0 Å². The fraction of sp³-hybridized carbons (Fsp3) is 0.0889. The van der Waals surface area contributed by atoms with Crippen LogP contribution in [0.2, 0.25) is 0 Å². The molecule has 2 aliphatic heterocycles. The molecule has 0 aromatic heterocycles. The van der Waals surface area contributed by atoms with Crippen LogP contribution in [0.1, 0.15) is 98.0 Å². The molecule has 2 heterocycles. The lowest BCUT2D eigenvalue weighted by Crippen LogP contribution is -2.28. The minimum Gasteiger partial charge on any atom is -0.310 e. The van der Waals surface area contributed by atoms with E-state index >= 15 is 0 Å². The van der Waals surface area contributed by atoms with Crippen LogP contribution in [0.4, 0.5) is 34.1 Å². The Balaban J connectivity index is 0.891. The topological polar surface area (TPSA) is 6.48 Å². The number of hydrogen-bond acceptors (Lipinski definition) is 2. The molecule has 0 N–H and O–H groups in total. The van der Waals surface area contributed by atoms with Crippen LogP contribution in [-0.2, 0) is 23.7 Å². The third-order valence-electron chi connectivity index (χ3n) is 22.5. The van der Waals surface area contributed by atoms with Crippen molar-refractivity contribution < 1.29 is 0 Å². The van der Waals surface area contributed by atoms with E-state index in [1.807, 2.05) is 0 Å². The molecule has 21 rings (SSSR count).